The SMILES string of the molecule is CC(C)c1ccc(/C=C/C(=O)Oc2ccc(/C=C(/C#N)c3ccc(Cl)cc3)cc2)cc1. The highest BCUT2D eigenvalue weighted by Gasteiger charge is 2.04. The molecule has 154 valence electrons. The van der Waals surface area contributed by atoms with Crippen LogP contribution in [0.1, 0.15) is 42.0 Å². The topological polar surface area (TPSA) is 50.1 Å². The average Bonchev–Trinajstić information content (AvgIpc) is 2.78. The second kappa shape index (κ2) is 10.4. The zero-order valence-electron chi connectivity index (χ0n) is 17.4. The highest BCUT2D eigenvalue weighted by atomic mass is 35.5. The third kappa shape index (κ3) is 6.44. The fourth-order valence-electron chi connectivity index (χ4n) is 2.91. The number of carbonyl (C=O) groups is 1. The molecule has 0 amide bonds. The van der Waals surface area contributed by atoms with Crippen LogP contribution < -0.4 is 4.74 Å². The average molecular weight is 428 g/mol. The first-order chi connectivity index (χ1) is 14.9. The van der Waals surface area contributed by atoms with E-state index in [1.54, 1.807) is 60.7 Å². The monoisotopic (exact) mass is 427 g/mol. The predicted molar refractivity (Wildman–Crippen MR) is 127 cm³/mol. The van der Waals surface area contributed by atoms with E-state index in [1.807, 2.05) is 12.1 Å². The van der Waals surface area contributed by atoms with E-state index in [9.17, 15) is 10.1 Å². The Hall–Kier alpha value is -3.61. The van der Waals surface area contributed by atoms with Gasteiger partial charge in [-0.25, -0.2) is 4.79 Å². The molecule has 0 radical (unpaired) electrons. The second-order valence-electron chi connectivity index (χ2n) is 7.32. The maximum absolute atomic E-state index is 12.1. The molecule has 0 aromatic heterocycles. The summed E-state index contributed by atoms with van der Waals surface area (Å²) in [5.74, 6) is 0.457. The summed E-state index contributed by atoms with van der Waals surface area (Å²) in [6, 6.07) is 24.4. The lowest BCUT2D eigenvalue weighted by atomic mass is 10.0. The number of rotatable bonds is 6. The Bertz CT molecular complexity index is 1130. The van der Waals surface area contributed by atoms with Crippen molar-refractivity contribution in [1.29, 1.82) is 5.26 Å². The minimum Gasteiger partial charge on any atom is -0.423 e. The molecule has 0 saturated heterocycles. The summed E-state index contributed by atoms with van der Waals surface area (Å²) in [5.41, 5.74) is 4.33. The number of ether oxygens (including phenoxy) is 1. The van der Waals surface area contributed by atoms with E-state index in [0.29, 0.717) is 22.3 Å². The Morgan fingerprint density at radius 1 is 0.935 bits per heavy atom. The molecule has 31 heavy (non-hydrogen) atoms. The van der Waals surface area contributed by atoms with E-state index in [4.69, 9.17) is 16.3 Å². The molecule has 0 saturated carbocycles. The van der Waals surface area contributed by atoms with Gasteiger partial charge in [0.1, 0.15) is 5.75 Å². The van der Waals surface area contributed by atoms with Crippen LogP contribution in [0.5, 0.6) is 5.75 Å². The molecule has 0 bridgehead atoms. The third-order valence-corrected chi connectivity index (χ3v) is 4.95. The minimum absolute atomic E-state index is 0.437. The standard InChI is InChI=1S/C27H22ClNO2/c1-19(2)22-8-3-20(4-9-22)7-16-27(30)31-26-14-5-21(6-15-26)17-24(18-29)23-10-12-25(28)13-11-23/h3-17,19H,1-2H3/b16-7+,24-17-. The largest absolute Gasteiger partial charge is 0.423 e. The van der Waals surface area contributed by atoms with Crippen molar-refractivity contribution >= 4 is 35.3 Å². The predicted octanol–water partition coefficient (Wildman–Crippen LogP) is 7.15. The van der Waals surface area contributed by atoms with Gasteiger partial charge in [-0.2, -0.15) is 5.26 Å². The van der Waals surface area contributed by atoms with Crippen LogP contribution >= 0.6 is 11.6 Å². The Morgan fingerprint density at radius 2 is 1.55 bits per heavy atom. The first-order valence-electron chi connectivity index (χ1n) is 9.92. The van der Waals surface area contributed by atoms with Gasteiger partial charge >= 0.3 is 5.97 Å². The lowest BCUT2D eigenvalue weighted by molar-refractivity contribution is -0.128. The zero-order chi connectivity index (χ0) is 22.2. The number of halogens is 1. The quantitative estimate of drug-likeness (QED) is 0.138. The van der Waals surface area contributed by atoms with E-state index < -0.39 is 5.97 Å². The van der Waals surface area contributed by atoms with Crippen molar-refractivity contribution in [2.75, 3.05) is 0 Å². The van der Waals surface area contributed by atoms with E-state index in [-0.39, 0.29) is 0 Å². The number of allylic oxidation sites excluding steroid dienone is 1. The van der Waals surface area contributed by atoms with Crippen LogP contribution in [0.25, 0.3) is 17.7 Å². The van der Waals surface area contributed by atoms with Crippen LogP contribution in [-0.4, -0.2) is 5.97 Å². The van der Waals surface area contributed by atoms with Crippen molar-refractivity contribution in [3.8, 4) is 11.8 Å². The molecule has 3 aromatic carbocycles. The molecule has 0 spiro atoms. The number of nitrogens with zero attached hydrogens (tertiary/aromatic N) is 1. The molecule has 0 aliphatic carbocycles. The molecule has 0 unspecified atom stereocenters. The van der Waals surface area contributed by atoms with Crippen LogP contribution in [0.2, 0.25) is 5.02 Å². The molecule has 3 nitrogen and oxygen atoms in total. The first-order valence-corrected chi connectivity index (χ1v) is 10.3. The molecule has 0 aliphatic heterocycles. The molecule has 4 heteroatoms. The van der Waals surface area contributed by atoms with Crippen molar-refractivity contribution in [1.82, 2.24) is 0 Å². The molecule has 3 aromatic rings. The van der Waals surface area contributed by atoms with Gasteiger partial charge in [-0.15, -0.1) is 0 Å². The fourth-order valence-corrected chi connectivity index (χ4v) is 3.04. The van der Waals surface area contributed by atoms with Crippen LogP contribution in [0.4, 0.5) is 0 Å². The molecule has 0 aliphatic rings. The lowest BCUT2D eigenvalue weighted by Crippen LogP contribution is -2.03. The van der Waals surface area contributed by atoms with Gasteiger partial charge in [0.15, 0.2) is 0 Å². The second-order valence-corrected chi connectivity index (χ2v) is 7.76. The van der Waals surface area contributed by atoms with Crippen LogP contribution in [0.3, 0.4) is 0 Å². The molecule has 0 fully saturated rings. The van der Waals surface area contributed by atoms with Gasteiger partial charge < -0.3 is 4.74 Å². The van der Waals surface area contributed by atoms with Gasteiger partial charge in [0.25, 0.3) is 0 Å². The number of esters is 1. The summed E-state index contributed by atoms with van der Waals surface area (Å²) in [7, 11) is 0. The Labute approximate surface area is 187 Å². The van der Waals surface area contributed by atoms with Crippen molar-refractivity contribution in [2.45, 2.75) is 19.8 Å². The number of hydrogen-bond donors (Lipinski definition) is 0. The lowest BCUT2D eigenvalue weighted by Gasteiger charge is -2.05. The van der Waals surface area contributed by atoms with Crippen LogP contribution in [0, 0.1) is 11.3 Å². The first kappa shape index (κ1) is 22.1. The molecular weight excluding hydrogens is 406 g/mol. The summed E-state index contributed by atoms with van der Waals surface area (Å²) in [4.78, 5) is 12.1. The van der Waals surface area contributed by atoms with E-state index in [2.05, 4.69) is 32.0 Å². The van der Waals surface area contributed by atoms with Gasteiger partial charge in [0.2, 0.25) is 0 Å². The number of nitriles is 1. The van der Waals surface area contributed by atoms with Gasteiger partial charge in [0, 0.05) is 11.1 Å². The smallest absolute Gasteiger partial charge is 0.336 e. The maximum Gasteiger partial charge on any atom is 0.336 e. The third-order valence-electron chi connectivity index (χ3n) is 4.70. The number of carbonyl (C=O) groups excluding carboxylic acids is 1. The fraction of sp³-hybridized carbons (Fsp3) is 0.111. The van der Waals surface area contributed by atoms with Crippen molar-refractivity contribution in [3.05, 3.63) is 106 Å². The van der Waals surface area contributed by atoms with Crippen LogP contribution in [-0.2, 0) is 4.79 Å². The van der Waals surface area contributed by atoms with Gasteiger partial charge in [-0.1, -0.05) is 74.0 Å². The zero-order valence-corrected chi connectivity index (χ0v) is 18.1. The van der Waals surface area contributed by atoms with Crippen molar-refractivity contribution < 1.29 is 9.53 Å². The molecule has 0 N–H and O–H groups in total. The maximum atomic E-state index is 12.1. The number of benzene rings is 3. The summed E-state index contributed by atoms with van der Waals surface area (Å²) >= 11 is 5.90. The summed E-state index contributed by atoms with van der Waals surface area (Å²) in [5, 5.41) is 10.1. The normalized spacial score (nSPS) is 11.5. The number of hydrogen-bond acceptors (Lipinski definition) is 3. The highest BCUT2D eigenvalue weighted by molar-refractivity contribution is 6.30. The van der Waals surface area contributed by atoms with Gasteiger partial charge in [-0.05, 0) is 64.6 Å². The molecule has 3 rings (SSSR count). The Balaban J connectivity index is 1.63. The van der Waals surface area contributed by atoms with Gasteiger partial charge in [-0.3, -0.25) is 0 Å². The summed E-state index contributed by atoms with van der Waals surface area (Å²) in [6.45, 7) is 4.28. The summed E-state index contributed by atoms with van der Waals surface area (Å²) < 4.78 is 5.36. The van der Waals surface area contributed by atoms with Crippen molar-refractivity contribution in [2.24, 2.45) is 0 Å². The molecule has 0 heterocycles. The van der Waals surface area contributed by atoms with Gasteiger partial charge in [0.05, 0.1) is 11.6 Å². The minimum atomic E-state index is -0.449. The van der Waals surface area contributed by atoms with E-state index in [1.165, 1.54) is 11.6 Å². The van der Waals surface area contributed by atoms with E-state index >= 15 is 0 Å². The Morgan fingerprint density at radius 3 is 2.13 bits per heavy atom. The van der Waals surface area contributed by atoms with Crippen LogP contribution in [0.15, 0.2) is 78.9 Å². The van der Waals surface area contributed by atoms with E-state index in [0.717, 1.165) is 16.7 Å². The molecule has 0 atom stereocenters. The highest BCUT2D eigenvalue weighted by Crippen LogP contribution is 2.21. The Kier molecular flexibility index (Phi) is 7.43. The molecular formula is C27H22ClNO2. The van der Waals surface area contributed by atoms with Crippen molar-refractivity contribution in [3.63, 3.8) is 0 Å². The summed E-state index contributed by atoms with van der Waals surface area (Å²) in [6.07, 6.45) is 4.91.